The molecule has 0 spiro atoms. The van der Waals surface area contributed by atoms with E-state index in [0.29, 0.717) is 6.54 Å². The first-order valence-electron chi connectivity index (χ1n) is 2.49. The van der Waals surface area contributed by atoms with Crippen molar-refractivity contribution in [1.82, 2.24) is 5.32 Å². The van der Waals surface area contributed by atoms with E-state index >= 15 is 0 Å². The molecular formula is C5H6N2O2. The lowest BCUT2D eigenvalue weighted by atomic mass is 10.3. The lowest BCUT2D eigenvalue weighted by molar-refractivity contribution is -0.129. The minimum Gasteiger partial charge on any atom is -0.477 e. The van der Waals surface area contributed by atoms with Gasteiger partial charge in [0.05, 0.1) is 6.54 Å². The van der Waals surface area contributed by atoms with Crippen LogP contribution in [0.4, 0.5) is 0 Å². The number of rotatable bonds is 1. The zero-order valence-corrected chi connectivity index (χ0v) is 4.66. The molecule has 1 aliphatic heterocycles. The Bertz CT molecular complexity index is 183. The molecule has 4 heteroatoms. The molecule has 0 atom stereocenters. The second-order valence-electron chi connectivity index (χ2n) is 1.58. The Labute approximate surface area is 51.9 Å². The van der Waals surface area contributed by atoms with E-state index in [1.165, 1.54) is 6.20 Å². The Morgan fingerprint density at radius 1 is 1.89 bits per heavy atom. The van der Waals surface area contributed by atoms with Crippen LogP contribution in [0.15, 0.2) is 17.4 Å². The van der Waals surface area contributed by atoms with Gasteiger partial charge < -0.3 is 10.4 Å². The van der Waals surface area contributed by atoms with Gasteiger partial charge in [0.25, 0.3) is 0 Å². The fourth-order valence-corrected chi connectivity index (χ4v) is 0.512. The van der Waals surface area contributed by atoms with E-state index in [4.69, 9.17) is 5.11 Å². The van der Waals surface area contributed by atoms with E-state index in [1.54, 1.807) is 6.20 Å². The second-order valence-corrected chi connectivity index (χ2v) is 1.58. The van der Waals surface area contributed by atoms with Crippen LogP contribution in [0.2, 0.25) is 0 Å². The van der Waals surface area contributed by atoms with Gasteiger partial charge in [0.1, 0.15) is 5.71 Å². The molecule has 48 valence electrons. The Balaban J connectivity index is 2.68. The number of carbonyl (C=O) groups is 1. The zero-order chi connectivity index (χ0) is 6.69. The van der Waals surface area contributed by atoms with Crippen molar-refractivity contribution in [3.8, 4) is 0 Å². The topological polar surface area (TPSA) is 61.7 Å². The lowest BCUT2D eigenvalue weighted by Crippen LogP contribution is -2.27. The highest BCUT2D eigenvalue weighted by molar-refractivity contribution is 6.36. The summed E-state index contributed by atoms with van der Waals surface area (Å²) in [6.45, 7) is 0.311. The second kappa shape index (κ2) is 2.30. The average molecular weight is 126 g/mol. The molecule has 1 rings (SSSR count). The van der Waals surface area contributed by atoms with Crippen molar-refractivity contribution in [3.05, 3.63) is 12.4 Å². The monoisotopic (exact) mass is 126 g/mol. The molecular weight excluding hydrogens is 120 g/mol. The number of aliphatic carboxylic acids is 1. The van der Waals surface area contributed by atoms with Crippen molar-refractivity contribution in [2.24, 2.45) is 4.99 Å². The van der Waals surface area contributed by atoms with Crippen LogP contribution in [0.1, 0.15) is 0 Å². The van der Waals surface area contributed by atoms with Gasteiger partial charge in [-0.3, -0.25) is 4.99 Å². The normalized spacial score (nSPS) is 16.2. The van der Waals surface area contributed by atoms with Crippen LogP contribution in [0.25, 0.3) is 0 Å². The number of nitrogens with zero attached hydrogens (tertiary/aromatic N) is 1. The molecule has 0 fully saturated rings. The molecule has 4 nitrogen and oxygen atoms in total. The quantitative estimate of drug-likeness (QED) is 0.502. The molecule has 0 unspecified atom stereocenters. The van der Waals surface area contributed by atoms with Crippen molar-refractivity contribution >= 4 is 11.7 Å². The SMILES string of the molecule is O=C(O)C1=NC=CNC1. The highest BCUT2D eigenvalue weighted by Crippen LogP contribution is 1.85. The summed E-state index contributed by atoms with van der Waals surface area (Å²) in [4.78, 5) is 13.8. The molecule has 0 saturated carbocycles. The molecule has 0 aliphatic carbocycles. The van der Waals surface area contributed by atoms with E-state index in [9.17, 15) is 4.79 Å². The van der Waals surface area contributed by atoms with Gasteiger partial charge in [-0.1, -0.05) is 0 Å². The summed E-state index contributed by atoms with van der Waals surface area (Å²) < 4.78 is 0. The zero-order valence-electron chi connectivity index (χ0n) is 4.66. The van der Waals surface area contributed by atoms with Crippen molar-refractivity contribution in [1.29, 1.82) is 0 Å². The fourth-order valence-electron chi connectivity index (χ4n) is 0.512. The van der Waals surface area contributed by atoms with Gasteiger partial charge in [0.15, 0.2) is 0 Å². The molecule has 0 radical (unpaired) electrons. The molecule has 0 aromatic rings. The smallest absolute Gasteiger partial charge is 0.352 e. The Kier molecular flexibility index (Phi) is 1.48. The molecule has 1 aliphatic rings. The van der Waals surface area contributed by atoms with Gasteiger partial charge in [-0.2, -0.15) is 0 Å². The molecule has 0 saturated heterocycles. The van der Waals surface area contributed by atoms with E-state index in [1.807, 2.05) is 0 Å². The summed E-state index contributed by atoms with van der Waals surface area (Å²) in [7, 11) is 0. The predicted octanol–water partition coefficient (Wildman–Crippen LogP) is -0.414. The van der Waals surface area contributed by atoms with Crippen LogP contribution < -0.4 is 5.32 Å². The number of carboxylic acid groups (broad SMARTS) is 1. The van der Waals surface area contributed by atoms with Crippen molar-refractivity contribution < 1.29 is 9.90 Å². The van der Waals surface area contributed by atoms with E-state index in [2.05, 4.69) is 10.3 Å². The third-order valence-corrected chi connectivity index (χ3v) is 0.939. The Morgan fingerprint density at radius 2 is 2.67 bits per heavy atom. The largest absolute Gasteiger partial charge is 0.477 e. The first-order chi connectivity index (χ1) is 4.30. The van der Waals surface area contributed by atoms with Gasteiger partial charge in [-0.05, 0) is 0 Å². The van der Waals surface area contributed by atoms with Crippen LogP contribution >= 0.6 is 0 Å². The number of nitrogens with one attached hydrogen (secondary N) is 1. The predicted molar refractivity (Wildman–Crippen MR) is 32.2 cm³/mol. The standard InChI is InChI=1S/C5H6N2O2/c8-5(9)4-3-6-1-2-7-4/h1-2,6H,3H2,(H,8,9). The maximum absolute atomic E-state index is 10.1. The molecule has 0 aromatic carbocycles. The van der Waals surface area contributed by atoms with Gasteiger partial charge in [0, 0.05) is 12.4 Å². The first-order valence-corrected chi connectivity index (χ1v) is 2.49. The minimum atomic E-state index is -0.966. The number of hydrogen-bond donors (Lipinski definition) is 2. The van der Waals surface area contributed by atoms with Crippen molar-refractivity contribution in [2.45, 2.75) is 0 Å². The van der Waals surface area contributed by atoms with E-state index in [-0.39, 0.29) is 5.71 Å². The van der Waals surface area contributed by atoms with Crippen LogP contribution in [-0.4, -0.2) is 23.3 Å². The summed E-state index contributed by atoms with van der Waals surface area (Å²) in [6, 6.07) is 0. The van der Waals surface area contributed by atoms with E-state index in [0.717, 1.165) is 0 Å². The summed E-state index contributed by atoms with van der Waals surface area (Å²) in [5, 5.41) is 11.1. The average Bonchev–Trinajstić information content (AvgIpc) is 1.90. The maximum Gasteiger partial charge on any atom is 0.352 e. The molecule has 0 amide bonds. The summed E-state index contributed by atoms with van der Waals surface area (Å²) in [5.41, 5.74) is 0.150. The molecule has 0 aromatic heterocycles. The Morgan fingerprint density at radius 3 is 3.00 bits per heavy atom. The number of carboxylic acids is 1. The summed E-state index contributed by atoms with van der Waals surface area (Å²) in [6.07, 6.45) is 3.03. The van der Waals surface area contributed by atoms with Crippen molar-refractivity contribution in [3.63, 3.8) is 0 Å². The highest BCUT2D eigenvalue weighted by atomic mass is 16.4. The van der Waals surface area contributed by atoms with Crippen LogP contribution in [0.3, 0.4) is 0 Å². The number of hydrogen-bond acceptors (Lipinski definition) is 3. The highest BCUT2D eigenvalue weighted by Gasteiger charge is 2.07. The van der Waals surface area contributed by atoms with Crippen LogP contribution in [0.5, 0.6) is 0 Å². The number of aliphatic imine (C=N–C) groups is 1. The maximum atomic E-state index is 10.1. The summed E-state index contributed by atoms with van der Waals surface area (Å²) in [5.74, 6) is -0.966. The third-order valence-electron chi connectivity index (χ3n) is 0.939. The Hall–Kier alpha value is -1.32. The van der Waals surface area contributed by atoms with Gasteiger partial charge in [-0.15, -0.1) is 0 Å². The van der Waals surface area contributed by atoms with Gasteiger partial charge in [0.2, 0.25) is 0 Å². The molecule has 2 N–H and O–H groups in total. The van der Waals surface area contributed by atoms with Crippen LogP contribution in [0, 0.1) is 0 Å². The molecule has 1 heterocycles. The molecule has 9 heavy (non-hydrogen) atoms. The third kappa shape index (κ3) is 1.28. The summed E-state index contributed by atoms with van der Waals surface area (Å²) >= 11 is 0. The van der Waals surface area contributed by atoms with Crippen LogP contribution in [-0.2, 0) is 4.79 Å². The van der Waals surface area contributed by atoms with E-state index < -0.39 is 5.97 Å². The lowest BCUT2D eigenvalue weighted by Gasteiger charge is -2.03. The van der Waals surface area contributed by atoms with Gasteiger partial charge in [-0.25, -0.2) is 4.79 Å². The fraction of sp³-hybridized carbons (Fsp3) is 0.200. The minimum absolute atomic E-state index is 0.150. The molecule has 0 bridgehead atoms. The van der Waals surface area contributed by atoms with Gasteiger partial charge >= 0.3 is 5.97 Å². The van der Waals surface area contributed by atoms with Crippen molar-refractivity contribution in [2.75, 3.05) is 6.54 Å². The first kappa shape index (κ1) is 5.81.